The maximum Gasteiger partial charge on any atom is 0.242 e. The van der Waals surface area contributed by atoms with Gasteiger partial charge in [-0.05, 0) is 42.5 Å². The lowest BCUT2D eigenvalue weighted by Crippen LogP contribution is -2.22. The lowest BCUT2D eigenvalue weighted by Gasteiger charge is -2.12. The molecule has 29 heavy (non-hydrogen) atoms. The van der Waals surface area contributed by atoms with E-state index in [1.807, 2.05) is 0 Å². The monoisotopic (exact) mass is 416 g/mol. The van der Waals surface area contributed by atoms with Gasteiger partial charge in [-0.15, -0.1) is 0 Å². The molecule has 0 saturated carbocycles. The summed E-state index contributed by atoms with van der Waals surface area (Å²) in [5.74, 6) is 0.300. The van der Waals surface area contributed by atoms with Crippen LogP contribution in [0.5, 0.6) is 0 Å². The maximum atomic E-state index is 13.8. The van der Waals surface area contributed by atoms with Crippen molar-refractivity contribution in [1.82, 2.24) is 4.31 Å². The average Bonchev–Trinajstić information content (AvgIpc) is 3.15. The van der Waals surface area contributed by atoms with Crippen molar-refractivity contribution in [1.29, 1.82) is 0 Å². The molecule has 0 aliphatic rings. The van der Waals surface area contributed by atoms with E-state index in [1.165, 1.54) is 32.3 Å². The molecule has 0 saturated heterocycles. The summed E-state index contributed by atoms with van der Waals surface area (Å²) in [5.41, 5.74) is 0.756. The molecule has 6 nitrogen and oxygen atoms in total. The van der Waals surface area contributed by atoms with Gasteiger partial charge in [-0.3, -0.25) is 4.79 Å². The van der Waals surface area contributed by atoms with Crippen LogP contribution >= 0.6 is 0 Å². The predicted molar refractivity (Wildman–Crippen MR) is 108 cm³/mol. The highest BCUT2D eigenvalue weighted by Crippen LogP contribution is 2.25. The van der Waals surface area contributed by atoms with Crippen LogP contribution in [0.25, 0.3) is 11.3 Å². The van der Waals surface area contributed by atoms with Crippen LogP contribution in [0.2, 0.25) is 0 Å². The molecule has 1 amide bonds. The molecule has 3 rings (SSSR count). The third-order valence-electron chi connectivity index (χ3n) is 4.30. The number of amides is 1. The van der Waals surface area contributed by atoms with Crippen LogP contribution in [-0.4, -0.2) is 32.7 Å². The zero-order valence-corrected chi connectivity index (χ0v) is 16.9. The molecule has 0 radical (unpaired) electrons. The Morgan fingerprint density at radius 2 is 1.83 bits per heavy atom. The molecule has 1 aromatic heterocycles. The zero-order chi connectivity index (χ0) is 21.0. The molecular formula is C21H21FN2O4S. The van der Waals surface area contributed by atoms with Gasteiger partial charge in [0.2, 0.25) is 15.9 Å². The van der Waals surface area contributed by atoms with Crippen LogP contribution < -0.4 is 5.32 Å². The normalized spacial score (nSPS) is 11.6. The summed E-state index contributed by atoms with van der Waals surface area (Å²) in [4.78, 5) is 12.3. The van der Waals surface area contributed by atoms with Crippen molar-refractivity contribution in [2.75, 3.05) is 19.4 Å². The summed E-state index contributed by atoms with van der Waals surface area (Å²) in [7, 11) is -0.693. The highest BCUT2D eigenvalue weighted by atomic mass is 32.2. The van der Waals surface area contributed by atoms with Gasteiger partial charge in [0.15, 0.2) is 0 Å². The Morgan fingerprint density at radius 3 is 2.55 bits per heavy atom. The van der Waals surface area contributed by atoms with Gasteiger partial charge in [0, 0.05) is 32.6 Å². The van der Waals surface area contributed by atoms with Gasteiger partial charge in [0.05, 0.1) is 10.5 Å². The van der Waals surface area contributed by atoms with Gasteiger partial charge < -0.3 is 9.73 Å². The van der Waals surface area contributed by atoms with Crippen LogP contribution in [0.4, 0.5) is 10.1 Å². The van der Waals surface area contributed by atoms with E-state index in [-0.39, 0.29) is 23.0 Å². The van der Waals surface area contributed by atoms with Gasteiger partial charge in [0.25, 0.3) is 0 Å². The minimum absolute atomic E-state index is 0.0980. The molecule has 0 spiro atoms. The first kappa shape index (κ1) is 20.8. The molecule has 3 aromatic rings. The van der Waals surface area contributed by atoms with Crippen LogP contribution in [0.3, 0.4) is 0 Å². The number of aryl methyl sites for hydroxylation is 1. The van der Waals surface area contributed by atoms with E-state index in [0.717, 1.165) is 4.31 Å². The summed E-state index contributed by atoms with van der Waals surface area (Å²) in [5, 5.41) is 2.69. The molecule has 0 unspecified atom stereocenters. The fourth-order valence-electron chi connectivity index (χ4n) is 2.72. The molecule has 0 aliphatic heterocycles. The second-order valence-corrected chi connectivity index (χ2v) is 8.76. The summed E-state index contributed by atoms with van der Waals surface area (Å²) >= 11 is 0. The first-order valence-electron chi connectivity index (χ1n) is 8.93. The van der Waals surface area contributed by atoms with Crippen LogP contribution in [0, 0.1) is 5.82 Å². The SMILES string of the molecule is CN(C)S(=O)(=O)c1cccc(NC(=O)CCc2ccc(-c3ccccc3F)o2)c1. The third-order valence-corrected chi connectivity index (χ3v) is 6.11. The van der Waals surface area contributed by atoms with Crippen molar-refractivity contribution in [2.45, 2.75) is 17.7 Å². The van der Waals surface area contributed by atoms with E-state index in [1.54, 1.807) is 42.5 Å². The first-order chi connectivity index (χ1) is 13.8. The number of hydrogen-bond donors (Lipinski definition) is 1. The maximum absolute atomic E-state index is 13.8. The fraction of sp³-hybridized carbons (Fsp3) is 0.190. The minimum atomic E-state index is -3.58. The number of anilines is 1. The van der Waals surface area contributed by atoms with Crippen molar-refractivity contribution in [3.05, 3.63) is 72.2 Å². The fourth-order valence-corrected chi connectivity index (χ4v) is 3.67. The number of nitrogens with zero attached hydrogens (tertiary/aromatic N) is 1. The van der Waals surface area contributed by atoms with Crippen molar-refractivity contribution >= 4 is 21.6 Å². The molecule has 2 aromatic carbocycles. The van der Waals surface area contributed by atoms with Crippen LogP contribution in [-0.2, 0) is 21.2 Å². The quantitative estimate of drug-likeness (QED) is 0.633. The first-order valence-corrected chi connectivity index (χ1v) is 10.4. The van der Waals surface area contributed by atoms with Gasteiger partial charge in [0.1, 0.15) is 17.3 Å². The second kappa shape index (κ2) is 8.59. The second-order valence-electron chi connectivity index (χ2n) is 6.61. The Labute approximate surface area is 169 Å². The van der Waals surface area contributed by atoms with Gasteiger partial charge in [-0.2, -0.15) is 0 Å². The predicted octanol–water partition coefficient (Wildman–Crippen LogP) is 3.91. The Hall–Kier alpha value is -2.97. The van der Waals surface area contributed by atoms with Crippen molar-refractivity contribution in [3.8, 4) is 11.3 Å². The Morgan fingerprint density at radius 1 is 1.07 bits per heavy atom. The van der Waals surface area contributed by atoms with Gasteiger partial charge in [-0.1, -0.05) is 18.2 Å². The standard InChI is InChI=1S/C21H21FN2O4S/c1-24(2)29(26,27)17-7-5-6-15(14-17)23-21(25)13-11-16-10-12-20(28-16)18-8-3-4-9-19(18)22/h3-10,12,14H,11,13H2,1-2H3,(H,23,25). The van der Waals surface area contributed by atoms with Gasteiger partial charge in [-0.25, -0.2) is 17.1 Å². The number of halogens is 1. The van der Waals surface area contributed by atoms with Crippen molar-refractivity contribution in [2.24, 2.45) is 0 Å². The molecule has 0 fully saturated rings. The Kier molecular flexibility index (Phi) is 6.14. The minimum Gasteiger partial charge on any atom is -0.461 e. The van der Waals surface area contributed by atoms with Gasteiger partial charge >= 0.3 is 0 Å². The summed E-state index contributed by atoms with van der Waals surface area (Å²) < 4.78 is 45.0. The molecule has 1 N–H and O–H groups in total. The largest absolute Gasteiger partial charge is 0.461 e. The van der Waals surface area contributed by atoms with E-state index in [2.05, 4.69) is 5.32 Å². The van der Waals surface area contributed by atoms with E-state index in [4.69, 9.17) is 4.42 Å². The molecule has 0 bridgehead atoms. The number of carbonyl (C=O) groups excluding carboxylic acids is 1. The highest BCUT2D eigenvalue weighted by molar-refractivity contribution is 7.89. The van der Waals surface area contributed by atoms with Crippen molar-refractivity contribution < 1.29 is 22.0 Å². The molecule has 8 heteroatoms. The number of sulfonamides is 1. The number of furan rings is 1. The number of hydrogen-bond acceptors (Lipinski definition) is 4. The number of benzene rings is 2. The molecule has 1 heterocycles. The van der Waals surface area contributed by atoms with E-state index in [9.17, 15) is 17.6 Å². The molecule has 0 aliphatic carbocycles. The summed E-state index contributed by atoms with van der Waals surface area (Å²) in [6, 6.07) is 15.8. The molecule has 0 atom stereocenters. The summed E-state index contributed by atoms with van der Waals surface area (Å²) in [6.45, 7) is 0. The smallest absolute Gasteiger partial charge is 0.242 e. The third kappa shape index (κ3) is 4.90. The van der Waals surface area contributed by atoms with Crippen LogP contribution in [0.1, 0.15) is 12.2 Å². The Bertz CT molecular complexity index is 1120. The van der Waals surface area contributed by atoms with E-state index >= 15 is 0 Å². The number of rotatable bonds is 7. The average molecular weight is 416 g/mol. The highest BCUT2D eigenvalue weighted by Gasteiger charge is 2.17. The number of nitrogens with one attached hydrogen (secondary N) is 1. The van der Waals surface area contributed by atoms with E-state index < -0.39 is 10.0 Å². The molecule has 152 valence electrons. The van der Waals surface area contributed by atoms with Crippen LogP contribution in [0.15, 0.2) is 70.0 Å². The summed E-state index contributed by atoms with van der Waals surface area (Å²) in [6.07, 6.45) is 0.463. The molecular weight excluding hydrogens is 395 g/mol. The van der Waals surface area contributed by atoms with Crippen molar-refractivity contribution in [3.63, 3.8) is 0 Å². The lowest BCUT2D eigenvalue weighted by molar-refractivity contribution is -0.116. The number of carbonyl (C=O) groups is 1. The lowest BCUT2D eigenvalue weighted by atomic mass is 10.1. The Balaban J connectivity index is 1.62. The topological polar surface area (TPSA) is 79.6 Å². The van der Waals surface area contributed by atoms with E-state index in [0.29, 0.717) is 29.2 Å². The zero-order valence-electron chi connectivity index (χ0n) is 16.1.